The Balaban J connectivity index is 1.43. The topological polar surface area (TPSA) is 56.1 Å². The van der Waals surface area contributed by atoms with E-state index in [9.17, 15) is 5.26 Å². The Labute approximate surface area is 160 Å². The van der Waals surface area contributed by atoms with Crippen molar-refractivity contribution in [3.05, 3.63) is 54.0 Å². The number of benzene rings is 1. The summed E-state index contributed by atoms with van der Waals surface area (Å²) in [4.78, 5) is 13.8. The lowest BCUT2D eigenvalue weighted by Crippen LogP contribution is -2.42. The fraction of sp³-hybridized carbons (Fsp3) is 0.500. The molecule has 0 spiro atoms. The molecule has 2 saturated heterocycles. The number of aromatic nitrogens is 2. The van der Waals surface area contributed by atoms with E-state index in [0.29, 0.717) is 16.5 Å². The number of nitriles is 1. The van der Waals surface area contributed by atoms with Crippen LogP contribution in [0.4, 0.5) is 5.82 Å². The van der Waals surface area contributed by atoms with Crippen LogP contribution < -0.4 is 4.90 Å². The highest BCUT2D eigenvalue weighted by atomic mass is 15.3. The van der Waals surface area contributed by atoms with Crippen LogP contribution in [0.3, 0.4) is 0 Å². The number of likely N-dealkylation sites (tertiary alicyclic amines) is 1. The van der Waals surface area contributed by atoms with Gasteiger partial charge in [0.1, 0.15) is 6.07 Å². The first-order chi connectivity index (χ1) is 13.2. The molecule has 1 aliphatic carbocycles. The van der Waals surface area contributed by atoms with Crippen molar-refractivity contribution in [2.24, 2.45) is 10.8 Å². The van der Waals surface area contributed by atoms with E-state index in [-0.39, 0.29) is 0 Å². The van der Waals surface area contributed by atoms with Gasteiger partial charge in [-0.05, 0) is 18.4 Å². The zero-order valence-electron chi connectivity index (χ0n) is 15.6. The van der Waals surface area contributed by atoms with Gasteiger partial charge in [0.05, 0.1) is 0 Å². The second kappa shape index (κ2) is 6.31. The maximum absolute atomic E-state index is 9.46. The van der Waals surface area contributed by atoms with Gasteiger partial charge in [-0.3, -0.25) is 4.90 Å². The van der Waals surface area contributed by atoms with Crippen molar-refractivity contribution < 1.29 is 0 Å². The minimum atomic E-state index is 0.324. The third-order valence-electron chi connectivity index (χ3n) is 7.06. The molecule has 2 aromatic rings. The van der Waals surface area contributed by atoms with Gasteiger partial charge in [0.15, 0.2) is 11.5 Å². The Morgan fingerprint density at radius 3 is 2.26 bits per heavy atom. The molecule has 2 unspecified atom stereocenters. The van der Waals surface area contributed by atoms with E-state index in [1.807, 2.05) is 0 Å². The zero-order valence-corrected chi connectivity index (χ0v) is 15.6. The molecule has 138 valence electrons. The first-order valence-corrected chi connectivity index (χ1v) is 9.96. The van der Waals surface area contributed by atoms with Crippen molar-refractivity contribution in [1.82, 2.24) is 14.9 Å². The molecule has 27 heavy (non-hydrogen) atoms. The van der Waals surface area contributed by atoms with Gasteiger partial charge in [0.2, 0.25) is 0 Å². The monoisotopic (exact) mass is 359 g/mol. The van der Waals surface area contributed by atoms with Gasteiger partial charge >= 0.3 is 0 Å². The maximum atomic E-state index is 9.46. The first kappa shape index (κ1) is 16.7. The fourth-order valence-electron chi connectivity index (χ4n) is 5.99. The molecule has 1 aromatic heterocycles. The lowest BCUT2D eigenvalue weighted by molar-refractivity contribution is 0.0945. The molecule has 2 atom stereocenters. The molecule has 0 amide bonds. The molecule has 3 heterocycles. The van der Waals surface area contributed by atoms with E-state index in [1.165, 1.54) is 31.2 Å². The quantitative estimate of drug-likeness (QED) is 0.842. The molecule has 3 aliphatic rings. The fourth-order valence-corrected chi connectivity index (χ4v) is 5.99. The van der Waals surface area contributed by atoms with Crippen LogP contribution in [-0.4, -0.2) is 41.0 Å². The lowest BCUT2D eigenvalue weighted by Gasteiger charge is -2.42. The van der Waals surface area contributed by atoms with Gasteiger partial charge in [-0.1, -0.05) is 43.2 Å². The Bertz CT molecular complexity index is 852. The molecular weight excluding hydrogens is 334 g/mol. The predicted molar refractivity (Wildman–Crippen MR) is 104 cm³/mol. The number of hydrogen-bond donors (Lipinski definition) is 0. The summed E-state index contributed by atoms with van der Waals surface area (Å²) in [6.07, 6.45) is 8.55. The highest BCUT2D eigenvalue weighted by Gasteiger charge is 2.63. The van der Waals surface area contributed by atoms with E-state index >= 15 is 0 Å². The molecule has 5 rings (SSSR count). The van der Waals surface area contributed by atoms with Crippen molar-refractivity contribution in [2.45, 2.75) is 32.2 Å². The van der Waals surface area contributed by atoms with Crippen LogP contribution in [-0.2, 0) is 6.54 Å². The van der Waals surface area contributed by atoms with Crippen LogP contribution >= 0.6 is 0 Å². The van der Waals surface area contributed by atoms with Crippen molar-refractivity contribution in [3.8, 4) is 6.07 Å². The number of rotatable bonds is 3. The van der Waals surface area contributed by atoms with E-state index in [4.69, 9.17) is 0 Å². The largest absolute Gasteiger partial charge is 0.353 e. The minimum absolute atomic E-state index is 0.324. The summed E-state index contributed by atoms with van der Waals surface area (Å²) in [7, 11) is 0. The van der Waals surface area contributed by atoms with Gasteiger partial charge in [-0.15, -0.1) is 0 Å². The predicted octanol–water partition coefficient (Wildman–Crippen LogP) is 3.23. The SMILES string of the molecule is N#Cc1nccnc1N1CC23CCCCC2(CN(Cc2ccccc2)C3)C1. The number of nitrogens with zero attached hydrogens (tertiary/aromatic N) is 5. The van der Waals surface area contributed by atoms with Crippen LogP contribution in [0, 0.1) is 22.2 Å². The standard InChI is InChI=1S/C22H25N5/c23-12-19-20(25-11-10-24-19)27-16-21-8-4-5-9-22(21,17-27)15-26(14-21)13-18-6-2-1-3-7-18/h1-3,6-7,10-11H,4-5,8-9,13-17H2. The van der Waals surface area contributed by atoms with E-state index in [0.717, 1.165) is 38.5 Å². The third kappa shape index (κ3) is 2.62. The van der Waals surface area contributed by atoms with Crippen molar-refractivity contribution in [1.29, 1.82) is 5.26 Å². The van der Waals surface area contributed by atoms with Gasteiger partial charge < -0.3 is 4.90 Å². The summed E-state index contributed by atoms with van der Waals surface area (Å²) < 4.78 is 0. The van der Waals surface area contributed by atoms with Crippen molar-refractivity contribution in [2.75, 3.05) is 31.1 Å². The van der Waals surface area contributed by atoms with Crippen LogP contribution in [0.1, 0.15) is 36.9 Å². The van der Waals surface area contributed by atoms with Crippen LogP contribution in [0.5, 0.6) is 0 Å². The van der Waals surface area contributed by atoms with E-state index in [2.05, 4.69) is 56.2 Å². The Hall–Kier alpha value is -2.45. The highest BCUT2D eigenvalue weighted by Crippen LogP contribution is 2.60. The van der Waals surface area contributed by atoms with Gasteiger partial charge in [0.25, 0.3) is 0 Å². The summed E-state index contributed by atoms with van der Waals surface area (Å²) in [5.74, 6) is 0.782. The summed E-state index contributed by atoms with van der Waals surface area (Å²) in [5.41, 5.74) is 2.51. The third-order valence-corrected chi connectivity index (χ3v) is 7.06. The zero-order chi connectivity index (χ0) is 18.3. The average molecular weight is 359 g/mol. The molecule has 5 heteroatoms. The molecule has 0 radical (unpaired) electrons. The van der Waals surface area contributed by atoms with Crippen molar-refractivity contribution in [3.63, 3.8) is 0 Å². The molecule has 0 N–H and O–H groups in total. The molecule has 5 nitrogen and oxygen atoms in total. The first-order valence-electron chi connectivity index (χ1n) is 9.96. The second-order valence-electron chi connectivity index (χ2n) is 8.59. The molecule has 3 fully saturated rings. The van der Waals surface area contributed by atoms with E-state index in [1.54, 1.807) is 12.4 Å². The van der Waals surface area contributed by atoms with Gasteiger partial charge in [-0.2, -0.15) is 5.26 Å². The summed E-state index contributed by atoms with van der Waals surface area (Å²) in [6.45, 7) is 5.36. The van der Waals surface area contributed by atoms with Crippen molar-refractivity contribution >= 4 is 5.82 Å². The molecule has 2 aliphatic heterocycles. The number of anilines is 1. The summed E-state index contributed by atoms with van der Waals surface area (Å²) in [6, 6.07) is 13.1. The minimum Gasteiger partial charge on any atom is -0.353 e. The Morgan fingerprint density at radius 1 is 0.926 bits per heavy atom. The summed E-state index contributed by atoms with van der Waals surface area (Å²) in [5, 5.41) is 9.46. The Morgan fingerprint density at radius 2 is 1.59 bits per heavy atom. The van der Waals surface area contributed by atoms with Crippen LogP contribution in [0.2, 0.25) is 0 Å². The van der Waals surface area contributed by atoms with Crippen LogP contribution in [0.15, 0.2) is 42.7 Å². The summed E-state index contributed by atoms with van der Waals surface area (Å²) >= 11 is 0. The van der Waals surface area contributed by atoms with Crippen LogP contribution in [0.25, 0.3) is 0 Å². The Kier molecular flexibility index (Phi) is 3.91. The number of hydrogen-bond acceptors (Lipinski definition) is 5. The smallest absolute Gasteiger partial charge is 0.183 e. The molecule has 1 saturated carbocycles. The van der Waals surface area contributed by atoms with Gasteiger partial charge in [-0.25, -0.2) is 9.97 Å². The normalized spacial score (nSPS) is 30.0. The molecule has 0 bridgehead atoms. The highest BCUT2D eigenvalue weighted by molar-refractivity contribution is 5.52. The molecule has 1 aromatic carbocycles. The van der Waals surface area contributed by atoms with E-state index < -0.39 is 0 Å². The van der Waals surface area contributed by atoms with Gasteiger partial charge in [0, 0.05) is 55.9 Å². The average Bonchev–Trinajstić information content (AvgIpc) is 3.18. The maximum Gasteiger partial charge on any atom is 0.183 e. The lowest BCUT2D eigenvalue weighted by atomic mass is 9.60. The second-order valence-corrected chi connectivity index (χ2v) is 8.59. The molecular formula is C22H25N5.